The lowest BCUT2D eigenvalue weighted by Crippen LogP contribution is -2.04. The highest BCUT2D eigenvalue weighted by Crippen LogP contribution is 2.35. The van der Waals surface area contributed by atoms with E-state index in [1.165, 1.54) is 30.3 Å². The van der Waals surface area contributed by atoms with E-state index in [-0.39, 0.29) is 29.5 Å². The maximum atomic E-state index is 12.7. The van der Waals surface area contributed by atoms with Crippen LogP contribution in [-0.4, -0.2) is 11.5 Å². The van der Waals surface area contributed by atoms with Crippen molar-refractivity contribution >= 4 is 5.69 Å². The number of nitrogens with zero attached hydrogens (tertiary/aromatic N) is 1. The molecular weight excluding hydrogens is 315 g/mol. The number of nitro groups is 1. The van der Waals surface area contributed by atoms with Crippen molar-refractivity contribution < 1.29 is 27.6 Å². The van der Waals surface area contributed by atoms with Gasteiger partial charge in [0.15, 0.2) is 0 Å². The van der Waals surface area contributed by atoms with Crippen LogP contribution in [0.3, 0.4) is 0 Å². The molecule has 0 aliphatic heterocycles. The van der Waals surface area contributed by atoms with Gasteiger partial charge in [-0.3, -0.25) is 10.1 Å². The van der Waals surface area contributed by atoms with E-state index in [4.69, 9.17) is 9.47 Å². The van der Waals surface area contributed by atoms with E-state index < -0.39 is 16.7 Å². The van der Waals surface area contributed by atoms with Crippen LogP contribution in [0.2, 0.25) is 0 Å². The van der Waals surface area contributed by atoms with Crippen LogP contribution in [-0.2, 0) is 6.18 Å². The number of nitro benzene ring substituents is 1. The number of hydrogen-bond acceptors (Lipinski definition) is 4. The average molecular weight is 327 g/mol. The molecule has 0 fully saturated rings. The highest BCUT2D eigenvalue weighted by molar-refractivity contribution is 5.51. The average Bonchev–Trinajstić information content (AvgIpc) is 2.47. The number of rotatable bonds is 5. The third-order valence-corrected chi connectivity index (χ3v) is 2.82. The molecule has 0 aromatic heterocycles. The lowest BCUT2D eigenvalue weighted by molar-refractivity contribution is -0.385. The minimum absolute atomic E-state index is 0.0121. The van der Waals surface area contributed by atoms with Crippen LogP contribution >= 0.6 is 0 Å². The number of halogens is 3. The zero-order chi connectivity index (χ0) is 17.0. The molecule has 5 nitrogen and oxygen atoms in total. The van der Waals surface area contributed by atoms with E-state index in [9.17, 15) is 23.3 Å². The Labute approximate surface area is 129 Å². The Hall–Kier alpha value is -2.77. The first-order valence-corrected chi connectivity index (χ1v) is 6.57. The number of hydrogen-bond donors (Lipinski definition) is 0. The summed E-state index contributed by atoms with van der Waals surface area (Å²) in [7, 11) is 0. The highest BCUT2D eigenvalue weighted by Gasteiger charge is 2.30. The molecule has 0 unspecified atom stereocenters. The number of alkyl halides is 3. The van der Waals surface area contributed by atoms with Crippen molar-refractivity contribution in [1.82, 2.24) is 0 Å². The molecule has 0 aliphatic carbocycles. The van der Waals surface area contributed by atoms with Crippen LogP contribution in [0, 0.1) is 10.1 Å². The van der Waals surface area contributed by atoms with Crippen LogP contribution in [0.5, 0.6) is 17.2 Å². The smallest absolute Gasteiger partial charge is 0.416 e. The van der Waals surface area contributed by atoms with E-state index >= 15 is 0 Å². The van der Waals surface area contributed by atoms with Gasteiger partial charge in [-0.2, -0.15) is 13.2 Å². The molecule has 8 heteroatoms. The number of ether oxygens (including phenoxy) is 2. The van der Waals surface area contributed by atoms with Gasteiger partial charge in [0.25, 0.3) is 0 Å². The molecule has 2 aromatic carbocycles. The first-order chi connectivity index (χ1) is 10.8. The molecule has 0 heterocycles. The summed E-state index contributed by atoms with van der Waals surface area (Å²) in [6.07, 6.45) is -4.48. The number of benzene rings is 2. The van der Waals surface area contributed by atoms with Gasteiger partial charge in [-0.25, -0.2) is 0 Å². The van der Waals surface area contributed by atoms with E-state index in [0.717, 1.165) is 12.1 Å². The van der Waals surface area contributed by atoms with E-state index in [2.05, 4.69) is 0 Å². The predicted octanol–water partition coefficient (Wildman–Crippen LogP) is 4.80. The zero-order valence-corrected chi connectivity index (χ0v) is 12.0. The van der Waals surface area contributed by atoms with Crippen molar-refractivity contribution in [3.63, 3.8) is 0 Å². The van der Waals surface area contributed by atoms with E-state index in [1.54, 1.807) is 6.92 Å². The van der Waals surface area contributed by atoms with Gasteiger partial charge in [-0.15, -0.1) is 0 Å². The molecule has 23 heavy (non-hydrogen) atoms. The summed E-state index contributed by atoms with van der Waals surface area (Å²) in [4.78, 5) is 10.3. The summed E-state index contributed by atoms with van der Waals surface area (Å²) >= 11 is 0. The topological polar surface area (TPSA) is 61.6 Å². The fourth-order valence-corrected chi connectivity index (χ4v) is 1.85. The summed E-state index contributed by atoms with van der Waals surface area (Å²) in [5.74, 6) is 0.0940. The van der Waals surface area contributed by atoms with Crippen molar-refractivity contribution in [2.45, 2.75) is 13.1 Å². The van der Waals surface area contributed by atoms with Gasteiger partial charge < -0.3 is 9.47 Å². The highest BCUT2D eigenvalue weighted by atomic mass is 19.4. The van der Waals surface area contributed by atoms with Gasteiger partial charge >= 0.3 is 11.9 Å². The van der Waals surface area contributed by atoms with E-state index in [0.29, 0.717) is 0 Å². The minimum atomic E-state index is -4.48. The van der Waals surface area contributed by atoms with Gasteiger partial charge in [-0.1, -0.05) is 6.07 Å². The summed E-state index contributed by atoms with van der Waals surface area (Å²) in [5.41, 5.74) is -1.09. The summed E-state index contributed by atoms with van der Waals surface area (Å²) in [6, 6.07) is 8.08. The Kier molecular flexibility index (Phi) is 4.73. The molecule has 0 bridgehead atoms. The standard InChI is InChI=1S/C15H12F3NO4/c1-2-22-14-9-12(6-7-13(14)19(20)21)23-11-5-3-4-10(8-11)15(16,17)18/h3-9H,2H2,1H3. The lowest BCUT2D eigenvalue weighted by Gasteiger charge is -2.11. The molecule has 0 amide bonds. The summed E-state index contributed by atoms with van der Waals surface area (Å²) in [6.45, 7) is 1.86. The largest absolute Gasteiger partial charge is 0.487 e. The Morgan fingerprint density at radius 2 is 1.83 bits per heavy atom. The monoisotopic (exact) mass is 327 g/mol. The molecule has 0 radical (unpaired) electrons. The van der Waals surface area contributed by atoms with Crippen molar-refractivity contribution in [3.8, 4) is 17.2 Å². The molecular formula is C15H12F3NO4. The van der Waals surface area contributed by atoms with Crippen LogP contribution < -0.4 is 9.47 Å². The molecule has 0 spiro atoms. The third kappa shape index (κ3) is 4.12. The van der Waals surface area contributed by atoms with Gasteiger partial charge in [0.05, 0.1) is 17.1 Å². The Balaban J connectivity index is 2.30. The zero-order valence-electron chi connectivity index (χ0n) is 12.0. The third-order valence-electron chi connectivity index (χ3n) is 2.82. The minimum Gasteiger partial charge on any atom is -0.487 e. The van der Waals surface area contributed by atoms with Crippen LogP contribution in [0.15, 0.2) is 42.5 Å². The second kappa shape index (κ2) is 6.55. The van der Waals surface area contributed by atoms with Crippen molar-refractivity contribution in [3.05, 3.63) is 58.1 Å². The molecule has 2 rings (SSSR count). The Bertz CT molecular complexity index is 716. The maximum absolute atomic E-state index is 12.7. The fraction of sp³-hybridized carbons (Fsp3) is 0.200. The lowest BCUT2D eigenvalue weighted by atomic mass is 10.2. The van der Waals surface area contributed by atoms with Crippen LogP contribution in [0.1, 0.15) is 12.5 Å². The molecule has 0 aliphatic rings. The van der Waals surface area contributed by atoms with Crippen molar-refractivity contribution in [2.24, 2.45) is 0 Å². The second-order valence-corrected chi connectivity index (χ2v) is 4.45. The summed E-state index contributed by atoms with van der Waals surface area (Å²) < 4.78 is 48.5. The first kappa shape index (κ1) is 16.6. The normalized spacial score (nSPS) is 11.1. The van der Waals surface area contributed by atoms with Gasteiger partial charge in [-0.05, 0) is 31.2 Å². The molecule has 0 atom stereocenters. The van der Waals surface area contributed by atoms with Gasteiger partial charge in [0.2, 0.25) is 5.75 Å². The Morgan fingerprint density at radius 3 is 2.43 bits per heavy atom. The molecule has 2 aromatic rings. The first-order valence-electron chi connectivity index (χ1n) is 6.57. The molecule has 122 valence electrons. The predicted molar refractivity (Wildman–Crippen MR) is 75.8 cm³/mol. The van der Waals surface area contributed by atoms with E-state index in [1.807, 2.05) is 0 Å². The molecule has 0 saturated carbocycles. The SMILES string of the molecule is CCOc1cc(Oc2cccc(C(F)(F)F)c2)ccc1[N+](=O)[O-]. The second-order valence-electron chi connectivity index (χ2n) is 4.45. The molecule has 0 saturated heterocycles. The molecule has 0 N–H and O–H groups in total. The van der Waals surface area contributed by atoms with Crippen LogP contribution in [0.25, 0.3) is 0 Å². The van der Waals surface area contributed by atoms with Gasteiger partial charge in [0.1, 0.15) is 11.5 Å². The summed E-state index contributed by atoms with van der Waals surface area (Å²) in [5, 5.41) is 10.9. The van der Waals surface area contributed by atoms with Crippen molar-refractivity contribution in [1.29, 1.82) is 0 Å². The maximum Gasteiger partial charge on any atom is 0.416 e. The van der Waals surface area contributed by atoms with Gasteiger partial charge in [0, 0.05) is 12.1 Å². The van der Waals surface area contributed by atoms with Crippen molar-refractivity contribution in [2.75, 3.05) is 6.61 Å². The quantitative estimate of drug-likeness (QED) is 0.584. The van der Waals surface area contributed by atoms with Crippen LogP contribution in [0.4, 0.5) is 18.9 Å². The Morgan fingerprint density at radius 1 is 1.13 bits per heavy atom. The fourth-order valence-electron chi connectivity index (χ4n) is 1.85.